The van der Waals surface area contributed by atoms with Crippen molar-refractivity contribution in [1.29, 1.82) is 0 Å². The summed E-state index contributed by atoms with van der Waals surface area (Å²) in [4.78, 5) is 2.18. The Hall–Kier alpha value is -0.690. The zero-order valence-corrected chi connectivity index (χ0v) is 16.9. The van der Waals surface area contributed by atoms with Crippen molar-refractivity contribution >= 4 is 24.8 Å². The minimum absolute atomic E-state index is 0. The summed E-state index contributed by atoms with van der Waals surface area (Å²) in [5, 5.41) is 3.27. The van der Waals surface area contributed by atoms with Crippen LogP contribution in [0.4, 0.5) is 13.2 Å². The molecule has 0 aliphatic carbocycles. The average Bonchev–Trinajstić information content (AvgIpc) is 2.58. The van der Waals surface area contributed by atoms with Crippen LogP contribution in [0.2, 0.25) is 0 Å². The number of nitrogens with one attached hydrogen (secondary N) is 1. The molecule has 1 aromatic rings. The first-order valence-corrected chi connectivity index (χ1v) is 8.67. The van der Waals surface area contributed by atoms with Gasteiger partial charge in [0, 0.05) is 32.2 Å². The van der Waals surface area contributed by atoms with Crippen molar-refractivity contribution in [3.63, 3.8) is 0 Å². The third kappa shape index (κ3) is 6.80. The molecule has 0 spiro atoms. The maximum Gasteiger partial charge on any atom is 0.416 e. The monoisotopic (exact) mass is 416 g/mol. The van der Waals surface area contributed by atoms with Crippen LogP contribution >= 0.6 is 24.8 Å². The minimum atomic E-state index is -4.37. The summed E-state index contributed by atoms with van der Waals surface area (Å²) in [5.41, 5.74) is -0.191. The van der Waals surface area contributed by atoms with Gasteiger partial charge in [-0.05, 0) is 24.1 Å². The van der Waals surface area contributed by atoms with Crippen LogP contribution in [-0.4, -0.2) is 38.2 Å². The van der Waals surface area contributed by atoms with E-state index in [0.29, 0.717) is 5.56 Å². The molecule has 26 heavy (non-hydrogen) atoms. The van der Waals surface area contributed by atoms with Gasteiger partial charge in [-0.3, -0.25) is 4.90 Å². The third-order valence-electron chi connectivity index (χ3n) is 4.60. The van der Waals surface area contributed by atoms with Gasteiger partial charge in [0.1, 0.15) is 5.75 Å². The molecule has 1 aliphatic heterocycles. The van der Waals surface area contributed by atoms with Crippen molar-refractivity contribution in [2.45, 2.75) is 44.8 Å². The van der Waals surface area contributed by atoms with Gasteiger partial charge in [0.05, 0.1) is 12.7 Å². The normalized spacial score (nSPS) is 16.3. The molecule has 0 bridgehead atoms. The summed E-state index contributed by atoms with van der Waals surface area (Å²) in [5.74, 6) is 0.249. The number of rotatable bonds is 7. The number of ether oxygens (including phenoxy) is 1. The molecule has 0 amide bonds. The molecule has 1 atom stereocenters. The van der Waals surface area contributed by atoms with Gasteiger partial charge in [-0.25, -0.2) is 0 Å². The maximum atomic E-state index is 13.6. The van der Waals surface area contributed by atoms with E-state index in [1.165, 1.54) is 7.11 Å². The fourth-order valence-electron chi connectivity index (χ4n) is 3.31. The Morgan fingerprint density at radius 3 is 2.35 bits per heavy atom. The predicted molar refractivity (Wildman–Crippen MR) is 104 cm³/mol. The largest absolute Gasteiger partial charge is 0.497 e. The molecule has 1 aromatic carbocycles. The second-order valence-electron chi connectivity index (χ2n) is 6.25. The molecule has 1 N–H and O–H groups in total. The van der Waals surface area contributed by atoms with Crippen molar-refractivity contribution in [3.05, 3.63) is 29.3 Å². The number of unbranched alkanes of at least 4 members (excludes halogenated alkanes) is 2. The molecule has 1 saturated heterocycles. The van der Waals surface area contributed by atoms with Gasteiger partial charge in [0.25, 0.3) is 0 Å². The van der Waals surface area contributed by atoms with Gasteiger partial charge < -0.3 is 10.1 Å². The fourth-order valence-corrected chi connectivity index (χ4v) is 3.31. The SMILES string of the molecule is CCCCC[C@@H](c1ccc(OC)cc1C(F)(F)F)N1CCNCC1.Cl.Cl. The molecule has 2 rings (SSSR count). The summed E-state index contributed by atoms with van der Waals surface area (Å²) in [6.45, 7) is 5.30. The van der Waals surface area contributed by atoms with Crippen LogP contribution in [0.15, 0.2) is 18.2 Å². The van der Waals surface area contributed by atoms with E-state index in [-0.39, 0.29) is 36.6 Å². The Labute approximate surface area is 166 Å². The van der Waals surface area contributed by atoms with Crippen molar-refractivity contribution in [1.82, 2.24) is 10.2 Å². The van der Waals surface area contributed by atoms with Crippen LogP contribution in [0.1, 0.15) is 49.8 Å². The van der Waals surface area contributed by atoms with E-state index in [1.54, 1.807) is 12.1 Å². The van der Waals surface area contributed by atoms with Crippen molar-refractivity contribution < 1.29 is 17.9 Å². The molecule has 0 radical (unpaired) electrons. The lowest BCUT2D eigenvalue weighted by atomic mass is 9.93. The number of piperazine rings is 1. The fraction of sp³-hybridized carbons (Fsp3) is 0.667. The van der Waals surface area contributed by atoms with Crippen LogP contribution in [-0.2, 0) is 6.18 Å². The molecule has 8 heteroatoms. The van der Waals surface area contributed by atoms with Crippen molar-refractivity contribution in [2.75, 3.05) is 33.3 Å². The number of alkyl halides is 3. The molecular formula is C18H29Cl2F3N2O. The predicted octanol–water partition coefficient (Wildman–Crippen LogP) is 5.08. The van der Waals surface area contributed by atoms with Gasteiger partial charge in [-0.15, -0.1) is 24.8 Å². The molecule has 0 unspecified atom stereocenters. The van der Waals surface area contributed by atoms with E-state index in [2.05, 4.69) is 17.1 Å². The number of hydrogen-bond donors (Lipinski definition) is 1. The summed E-state index contributed by atoms with van der Waals surface area (Å²) in [6, 6.07) is 4.17. The van der Waals surface area contributed by atoms with E-state index in [4.69, 9.17) is 4.74 Å². The first kappa shape index (κ1) is 25.3. The third-order valence-corrected chi connectivity index (χ3v) is 4.60. The summed E-state index contributed by atoms with van der Waals surface area (Å²) < 4.78 is 45.8. The van der Waals surface area contributed by atoms with E-state index < -0.39 is 11.7 Å². The zero-order valence-electron chi connectivity index (χ0n) is 15.3. The Morgan fingerprint density at radius 1 is 1.15 bits per heavy atom. The Morgan fingerprint density at radius 2 is 1.81 bits per heavy atom. The lowest BCUT2D eigenvalue weighted by Crippen LogP contribution is -2.45. The van der Waals surface area contributed by atoms with Crippen LogP contribution in [0, 0.1) is 0 Å². The van der Waals surface area contributed by atoms with Crippen LogP contribution in [0.5, 0.6) is 5.75 Å². The summed E-state index contributed by atoms with van der Waals surface area (Å²) >= 11 is 0. The molecule has 152 valence electrons. The lowest BCUT2D eigenvalue weighted by Gasteiger charge is -2.36. The summed E-state index contributed by atoms with van der Waals surface area (Å²) in [7, 11) is 1.39. The topological polar surface area (TPSA) is 24.5 Å². The van der Waals surface area contributed by atoms with E-state index in [0.717, 1.165) is 57.9 Å². The number of benzene rings is 1. The van der Waals surface area contributed by atoms with Crippen molar-refractivity contribution in [2.24, 2.45) is 0 Å². The molecule has 1 heterocycles. The molecular weight excluding hydrogens is 388 g/mol. The van der Waals surface area contributed by atoms with Gasteiger partial charge in [0.2, 0.25) is 0 Å². The molecule has 1 aliphatic rings. The van der Waals surface area contributed by atoms with E-state index in [9.17, 15) is 13.2 Å². The highest BCUT2D eigenvalue weighted by molar-refractivity contribution is 5.85. The second kappa shape index (κ2) is 11.9. The molecule has 0 aromatic heterocycles. The van der Waals surface area contributed by atoms with Crippen LogP contribution < -0.4 is 10.1 Å². The van der Waals surface area contributed by atoms with Crippen LogP contribution in [0.3, 0.4) is 0 Å². The second-order valence-corrected chi connectivity index (χ2v) is 6.25. The Balaban J connectivity index is 0.00000312. The van der Waals surface area contributed by atoms with Crippen molar-refractivity contribution in [3.8, 4) is 5.75 Å². The van der Waals surface area contributed by atoms with Crippen LogP contribution in [0.25, 0.3) is 0 Å². The first-order valence-electron chi connectivity index (χ1n) is 8.67. The quantitative estimate of drug-likeness (QED) is 0.626. The minimum Gasteiger partial charge on any atom is -0.497 e. The highest BCUT2D eigenvalue weighted by Gasteiger charge is 2.37. The highest BCUT2D eigenvalue weighted by Crippen LogP contribution is 2.40. The van der Waals surface area contributed by atoms with E-state index >= 15 is 0 Å². The number of hydrogen-bond acceptors (Lipinski definition) is 3. The first-order chi connectivity index (χ1) is 11.5. The molecule has 1 fully saturated rings. The summed E-state index contributed by atoms with van der Waals surface area (Å²) in [6.07, 6.45) is -0.582. The van der Waals surface area contributed by atoms with Gasteiger partial charge in [-0.2, -0.15) is 13.2 Å². The number of halogens is 5. The Kier molecular flexibility index (Phi) is 11.6. The lowest BCUT2D eigenvalue weighted by molar-refractivity contribution is -0.139. The zero-order chi connectivity index (χ0) is 17.6. The highest BCUT2D eigenvalue weighted by atomic mass is 35.5. The molecule has 0 saturated carbocycles. The molecule has 3 nitrogen and oxygen atoms in total. The average molecular weight is 417 g/mol. The maximum absolute atomic E-state index is 13.6. The van der Waals surface area contributed by atoms with E-state index in [1.807, 2.05) is 0 Å². The van der Waals surface area contributed by atoms with Gasteiger partial charge >= 0.3 is 6.18 Å². The van der Waals surface area contributed by atoms with Gasteiger partial charge in [-0.1, -0.05) is 32.3 Å². The smallest absolute Gasteiger partial charge is 0.416 e. The Bertz CT molecular complexity index is 524. The van der Waals surface area contributed by atoms with Gasteiger partial charge in [0.15, 0.2) is 0 Å². The number of methoxy groups -OCH3 is 1. The number of nitrogens with zero attached hydrogens (tertiary/aromatic N) is 1. The standard InChI is InChI=1S/C18H27F3N2O.2ClH/c1-3-4-5-6-17(23-11-9-22-10-12-23)15-8-7-14(24-2)13-16(15)18(19,20)21;;/h7-8,13,17,22H,3-6,9-12H2,1-2H3;2*1H/t17-;;/m0../s1.